The zero-order valence-electron chi connectivity index (χ0n) is 11.1. The van der Waals surface area contributed by atoms with Crippen molar-refractivity contribution in [3.63, 3.8) is 0 Å². The van der Waals surface area contributed by atoms with Crippen molar-refractivity contribution in [2.24, 2.45) is 0 Å². The van der Waals surface area contributed by atoms with E-state index in [2.05, 4.69) is 15.4 Å². The minimum Gasteiger partial charge on any atom is -0.351 e. The lowest BCUT2D eigenvalue weighted by Gasteiger charge is -2.09. The molecule has 20 heavy (non-hydrogen) atoms. The number of hydrogen-bond donors (Lipinski definition) is 2. The van der Waals surface area contributed by atoms with E-state index < -0.39 is 13.0 Å². The van der Waals surface area contributed by atoms with Crippen molar-refractivity contribution in [3.8, 4) is 0 Å². The van der Waals surface area contributed by atoms with Gasteiger partial charge in [-0.1, -0.05) is 17.7 Å². The number of hydrogen-bond acceptors (Lipinski definition) is 3. The molecular weight excluding hydrogens is 273 g/mol. The van der Waals surface area contributed by atoms with Gasteiger partial charge in [-0.15, -0.1) is 13.2 Å². The molecule has 112 valence electrons. The Balaban J connectivity index is 2.09. The largest absolute Gasteiger partial charge is 0.522 e. The van der Waals surface area contributed by atoms with Crippen molar-refractivity contribution >= 4 is 5.91 Å². The van der Waals surface area contributed by atoms with Gasteiger partial charge in [-0.25, -0.2) is 0 Å². The third kappa shape index (κ3) is 7.10. The van der Waals surface area contributed by atoms with Gasteiger partial charge in [0.1, 0.15) is 0 Å². The maximum atomic E-state index is 11.7. The first kappa shape index (κ1) is 16.5. The van der Waals surface area contributed by atoms with Gasteiger partial charge in [-0.3, -0.25) is 9.53 Å². The first-order valence-electron chi connectivity index (χ1n) is 6.15. The number of alkyl halides is 3. The van der Waals surface area contributed by atoms with Crippen LogP contribution in [0.4, 0.5) is 13.2 Å². The Morgan fingerprint density at radius 3 is 2.40 bits per heavy atom. The minimum atomic E-state index is -4.60. The quantitative estimate of drug-likeness (QED) is 0.754. The van der Waals surface area contributed by atoms with E-state index in [-0.39, 0.29) is 12.5 Å². The second-order valence-corrected chi connectivity index (χ2v) is 4.17. The monoisotopic (exact) mass is 290 g/mol. The highest BCUT2D eigenvalue weighted by Crippen LogP contribution is 2.14. The summed E-state index contributed by atoms with van der Waals surface area (Å²) in [4.78, 5) is 11.7. The molecule has 0 bridgehead atoms. The maximum Gasteiger partial charge on any atom is 0.522 e. The zero-order valence-corrected chi connectivity index (χ0v) is 11.1. The fraction of sp³-hybridized carbons (Fsp3) is 0.462. The normalized spacial score (nSPS) is 11.4. The molecule has 0 unspecified atom stereocenters. The smallest absolute Gasteiger partial charge is 0.351 e. The van der Waals surface area contributed by atoms with Crippen LogP contribution in [-0.4, -0.2) is 38.5 Å². The SMILES string of the molecule is Cc1ccc(C(=O)NCCNCCOC(F)(F)F)cc1. The summed E-state index contributed by atoms with van der Waals surface area (Å²) in [5.41, 5.74) is 1.61. The van der Waals surface area contributed by atoms with Gasteiger partial charge in [0.25, 0.3) is 5.91 Å². The number of amides is 1. The number of benzene rings is 1. The first-order chi connectivity index (χ1) is 9.38. The van der Waals surface area contributed by atoms with Crippen LogP contribution in [0.1, 0.15) is 15.9 Å². The van der Waals surface area contributed by atoms with Crippen LogP contribution in [0.25, 0.3) is 0 Å². The molecule has 1 amide bonds. The topological polar surface area (TPSA) is 50.4 Å². The number of carbonyl (C=O) groups is 1. The molecule has 7 heteroatoms. The molecule has 0 radical (unpaired) electrons. The molecule has 0 spiro atoms. The van der Waals surface area contributed by atoms with E-state index in [1.54, 1.807) is 12.1 Å². The Morgan fingerprint density at radius 1 is 1.15 bits per heavy atom. The lowest BCUT2D eigenvalue weighted by atomic mass is 10.1. The number of ether oxygens (including phenoxy) is 1. The van der Waals surface area contributed by atoms with Crippen molar-refractivity contribution in [3.05, 3.63) is 35.4 Å². The van der Waals surface area contributed by atoms with Gasteiger partial charge in [0.05, 0.1) is 6.61 Å². The van der Waals surface area contributed by atoms with Crippen molar-refractivity contribution in [1.29, 1.82) is 0 Å². The average molecular weight is 290 g/mol. The van der Waals surface area contributed by atoms with E-state index in [0.29, 0.717) is 18.7 Å². The Bertz CT molecular complexity index is 419. The van der Waals surface area contributed by atoms with Crippen LogP contribution >= 0.6 is 0 Å². The van der Waals surface area contributed by atoms with E-state index in [1.807, 2.05) is 19.1 Å². The molecule has 1 aromatic carbocycles. The highest BCUT2D eigenvalue weighted by Gasteiger charge is 2.28. The first-order valence-corrected chi connectivity index (χ1v) is 6.15. The molecular formula is C13H17F3N2O2. The summed E-state index contributed by atoms with van der Waals surface area (Å²) in [6.45, 7) is 2.25. The van der Waals surface area contributed by atoms with Gasteiger partial charge in [-0.05, 0) is 19.1 Å². The molecule has 0 saturated carbocycles. The number of aryl methyl sites for hydroxylation is 1. The van der Waals surface area contributed by atoms with Gasteiger partial charge in [0.15, 0.2) is 0 Å². The number of halogens is 3. The van der Waals surface area contributed by atoms with Crippen molar-refractivity contribution in [2.75, 3.05) is 26.2 Å². The maximum absolute atomic E-state index is 11.7. The lowest BCUT2D eigenvalue weighted by molar-refractivity contribution is -0.323. The number of carbonyl (C=O) groups excluding carboxylic acids is 1. The van der Waals surface area contributed by atoms with Crippen LogP contribution in [0.15, 0.2) is 24.3 Å². The highest BCUT2D eigenvalue weighted by atomic mass is 19.4. The van der Waals surface area contributed by atoms with Gasteiger partial charge in [-0.2, -0.15) is 0 Å². The van der Waals surface area contributed by atoms with Crippen LogP contribution in [0.5, 0.6) is 0 Å². The average Bonchev–Trinajstić information content (AvgIpc) is 2.37. The summed E-state index contributed by atoms with van der Waals surface area (Å²) in [6, 6.07) is 7.10. The van der Waals surface area contributed by atoms with Crippen LogP contribution in [0, 0.1) is 6.92 Å². The second-order valence-electron chi connectivity index (χ2n) is 4.17. The Labute approximate surface area is 115 Å². The predicted octanol–water partition coefficient (Wildman–Crippen LogP) is 1.85. The third-order valence-corrected chi connectivity index (χ3v) is 2.45. The molecule has 0 heterocycles. The molecule has 1 rings (SSSR count). The molecule has 0 fully saturated rings. The Kier molecular flexibility index (Phi) is 6.47. The van der Waals surface area contributed by atoms with Crippen LogP contribution < -0.4 is 10.6 Å². The van der Waals surface area contributed by atoms with E-state index in [0.717, 1.165) is 5.56 Å². The van der Waals surface area contributed by atoms with E-state index in [1.165, 1.54) is 0 Å². The van der Waals surface area contributed by atoms with E-state index in [4.69, 9.17) is 0 Å². The Hall–Kier alpha value is -1.60. The van der Waals surface area contributed by atoms with Crippen molar-refractivity contribution in [1.82, 2.24) is 10.6 Å². The summed E-state index contributed by atoms with van der Waals surface area (Å²) >= 11 is 0. The molecule has 0 aliphatic carbocycles. The molecule has 0 aliphatic heterocycles. The number of nitrogens with one attached hydrogen (secondary N) is 2. The zero-order chi connectivity index (χ0) is 15.0. The lowest BCUT2D eigenvalue weighted by Crippen LogP contribution is -2.33. The standard InChI is InChI=1S/C13H17F3N2O2/c1-10-2-4-11(5-3-10)12(19)18-7-6-17-8-9-20-13(14,15)16/h2-5,17H,6-9H2,1H3,(H,18,19). The predicted molar refractivity (Wildman–Crippen MR) is 68.4 cm³/mol. The van der Waals surface area contributed by atoms with Crippen LogP contribution in [0.3, 0.4) is 0 Å². The minimum absolute atomic E-state index is 0.0694. The fourth-order valence-electron chi connectivity index (χ4n) is 1.44. The molecule has 0 aromatic heterocycles. The number of rotatable bonds is 7. The molecule has 0 saturated heterocycles. The molecule has 2 N–H and O–H groups in total. The second kappa shape index (κ2) is 7.86. The van der Waals surface area contributed by atoms with Gasteiger partial charge >= 0.3 is 6.36 Å². The van der Waals surface area contributed by atoms with E-state index in [9.17, 15) is 18.0 Å². The molecule has 1 aromatic rings. The van der Waals surface area contributed by atoms with Crippen LogP contribution in [-0.2, 0) is 4.74 Å². The van der Waals surface area contributed by atoms with Crippen LogP contribution in [0.2, 0.25) is 0 Å². The van der Waals surface area contributed by atoms with Gasteiger partial charge < -0.3 is 10.6 Å². The Morgan fingerprint density at radius 2 is 1.80 bits per heavy atom. The highest BCUT2D eigenvalue weighted by molar-refractivity contribution is 5.94. The van der Waals surface area contributed by atoms with E-state index >= 15 is 0 Å². The molecule has 4 nitrogen and oxygen atoms in total. The third-order valence-electron chi connectivity index (χ3n) is 2.45. The van der Waals surface area contributed by atoms with Crippen molar-refractivity contribution in [2.45, 2.75) is 13.3 Å². The summed E-state index contributed by atoms with van der Waals surface area (Å²) in [5.74, 6) is -0.210. The summed E-state index contributed by atoms with van der Waals surface area (Å²) in [5, 5.41) is 5.40. The molecule has 0 atom stereocenters. The van der Waals surface area contributed by atoms with Gasteiger partial charge in [0, 0.05) is 25.2 Å². The summed E-state index contributed by atoms with van der Waals surface area (Å²) < 4.78 is 38.5. The fourth-order valence-corrected chi connectivity index (χ4v) is 1.44. The summed E-state index contributed by atoms with van der Waals surface area (Å²) in [7, 11) is 0. The molecule has 0 aliphatic rings. The van der Waals surface area contributed by atoms with Gasteiger partial charge in [0.2, 0.25) is 0 Å². The van der Waals surface area contributed by atoms with Crippen molar-refractivity contribution < 1.29 is 22.7 Å². The summed E-state index contributed by atoms with van der Waals surface area (Å²) in [6.07, 6.45) is -4.60.